The van der Waals surface area contributed by atoms with E-state index in [0.29, 0.717) is 5.46 Å². The van der Waals surface area contributed by atoms with E-state index in [1.54, 1.807) is 12.1 Å². The molecule has 1 aliphatic rings. The van der Waals surface area contributed by atoms with Crippen LogP contribution in [0.4, 0.5) is 0 Å². The van der Waals surface area contributed by atoms with Crippen molar-refractivity contribution in [1.82, 2.24) is 4.98 Å². The van der Waals surface area contributed by atoms with Crippen molar-refractivity contribution in [2.45, 2.75) is 19.3 Å². The highest BCUT2D eigenvalue weighted by molar-refractivity contribution is 6.58. The molecule has 0 bridgehead atoms. The molecule has 1 aromatic heterocycles. The maximum absolute atomic E-state index is 9.49. The summed E-state index contributed by atoms with van der Waals surface area (Å²) in [5.41, 5.74) is 11.7. The summed E-state index contributed by atoms with van der Waals surface area (Å²) in [6.45, 7) is 4.60. The lowest BCUT2D eigenvalue weighted by Gasteiger charge is -2.22. The van der Waals surface area contributed by atoms with Gasteiger partial charge in [-0.2, -0.15) is 0 Å². The normalized spacial score (nSPS) is 13.2. The molecule has 1 aliphatic carbocycles. The maximum atomic E-state index is 9.49. The van der Waals surface area contributed by atoms with Gasteiger partial charge in [0.1, 0.15) is 0 Å². The molecule has 0 saturated carbocycles. The van der Waals surface area contributed by atoms with Crippen LogP contribution in [0.3, 0.4) is 0 Å². The Morgan fingerprint density at radius 3 is 1.83 bits per heavy atom. The third-order valence-electron chi connectivity index (χ3n) is 7.32. The lowest BCUT2D eigenvalue weighted by atomic mass is 9.80. The van der Waals surface area contributed by atoms with E-state index in [1.807, 2.05) is 30.3 Å². The average Bonchev–Trinajstić information content (AvgIpc) is 3.15. The minimum absolute atomic E-state index is 0.0684. The van der Waals surface area contributed by atoms with Crippen LogP contribution in [0.5, 0.6) is 0 Å². The van der Waals surface area contributed by atoms with Gasteiger partial charge in [-0.1, -0.05) is 105 Å². The second-order valence-electron chi connectivity index (χ2n) is 9.92. The monoisotopic (exact) mass is 467 g/mol. The number of rotatable bonds is 4. The summed E-state index contributed by atoms with van der Waals surface area (Å²) >= 11 is 0. The van der Waals surface area contributed by atoms with Gasteiger partial charge in [-0.15, -0.1) is 0 Å². The van der Waals surface area contributed by atoms with Gasteiger partial charge in [0, 0.05) is 16.5 Å². The second kappa shape index (κ2) is 8.60. The van der Waals surface area contributed by atoms with Gasteiger partial charge in [0.25, 0.3) is 0 Å². The Labute approximate surface area is 211 Å². The van der Waals surface area contributed by atoms with Gasteiger partial charge in [-0.3, -0.25) is 0 Å². The average molecular weight is 467 g/mol. The molecule has 4 aromatic carbocycles. The Morgan fingerprint density at radius 1 is 0.556 bits per heavy atom. The molecule has 4 heteroatoms. The summed E-state index contributed by atoms with van der Waals surface area (Å²) in [6.07, 6.45) is 0. The Balaban J connectivity index is 1.51. The van der Waals surface area contributed by atoms with Crippen molar-refractivity contribution in [3.8, 4) is 44.8 Å². The quantitative estimate of drug-likeness (QED) is 0.316. The Hall–Kier alpha value is -3.99. The first-order valence-electron chi connectivity index (χ1n) is 12.2. The zero-order valence-corrected chi connectivity index (χ0v) is 20.3. The molecule has 174 valence electrons. The molecule has 3 nitrogen and oxygen atoms in total. The fourth-order valence-electron chi connectivity index (χ4n) is 5.31. The molecule has 0 unspecified atom stereocenters. The first-order chi connectivity index (χ1) is 17.4. The lowest BCUT2D eigenvalue weighted by Crippen LogP contribution is -2.29. The van der Waals surface area contributed by atoms with E-state index in [2.05, 4.69) is 80.6 Å². The van der Waals surface area contributed by atoms with E-state index in [0.717, 1.165) is 33.6 Å². The molecule has 5 aromatic rings. The molecule has 1 heterocycles. The number of pyridine rings is 1. The van der Waals surface area contributed by atoms with Crippen LogP contribution in [-0.4, -0.2) is 22.2 Å². The number of benzene rings is 4. The third-order valence-corrected chi connectivity index (χ3v) is 7.32. The SMILES string of the molecule is CC1(C)c2ccccc2-c2ccc(-c3cc(-c4ccccc4)nc(-c4ccc(B(O)O)cc4)c3)cc21. The van der Waals surface area contributed by atoms with E-state index >= 15 is 0 Å². The molecular weight excluding hydrogens is 441 g/mol. The highest BCUT2D eigenvalue weighted by atomic mass is 16.4. The van der Waals surface area contributed by atoms with Crippen LogP contribution in [0.15, 0.2) is 109 Å². The van der Waals surface area contributed by atoms with Crippen molar-refractivity contribution in [2.75, 3.05) is 0 Å². The van der Waals surface area contributed by atoms with Crippen LogP contribution in [0.25, 0.3) is 44.8 Å². The van der Waals surface area contributed by atoms with Gasteiger partial charge in [0.15, 0.2) is 0 Å². The summed E-state index contributed by atoms with van der Waals surface area (Å²) in [7, 11) is -1.49. The fourth-order valence-corrected chi connectivity index (χ4v) is 5.31. The van der Waals surface area contributed by atoms with Gasteiger partial charge in [0.05, 0.1) is 11.4 Å². The molecular formula is C32H26BNO2. The van der Waals surface area contributed by atoms with Crippen molar-refractivity contribution in [2.24, 2.45) is 0 Å². The van der Waals surface area contributed by atoms with Crippen LogP contribution >= 0.6 is 0 Å². The predicted octanol–water partition coefficient (Wildman–Crippen LogP) is 6.07. The van der Waals surface area contributed by atoms with Crippen molar-refractivity contribution in [3.63, 3.8) is 0 Å². The summed E-state index contributed by atoms with van der Waals surface area (Å²) in [5, 5.41) is 19.0. The molecule has 0 atom stereocenters. The Kier molecular flexibility index (Phi) is 5.37. The second-order valence-corrected chi connectivity index (χ2v) is 9.92. The molecule has 0 fully saturated rings. The van der Waals surface area contributed by atoms with Gasteiger partial charge in [-0.05, 0) is 57.0 Å². The van der Waals surface area contributed by atoms with Crippen molar-refractivity contribution in [3.05, 3.63) is 120 Å². The number of nitrogens with zero attached hydrogens (tertiary/aromatic N) is 1. The molecule has 0 amide bonds. The first kappa shape index (κ1) is 22.5. The van der Waals surface area contributed by atoms with Gasteiger partial charge in [-0.25, -0.2) is 4.98 Å². The Bertz CT molecular complexity index is 1570. The fraction of sp³-hybridized carbons (Fsp3) is 0.0938. The van der Waals surface area contributed by atoms with Crippen LogP contribution in [0.1, 0.15) is 25.0 Å². The number of hydrogen-bond donors (Lipinski definition) is 2. The molecule has 0 aliphatic heterocycles. The summed E-state index contributed by atoms with van der Waals surface area (Å²) in [4.78, 5) is 4.98. The molecule has 2 N–H and O–H groups in total. The molecule has 0 radical (unpaired) electrons. The summed E-state index contributed by atoms with van der Waals surface area (Å²) in [6, 6.07) is 37.2. The van der Waals surface area contributed by atoms with E-state index in [-0.39, 0.29) is 5.41 Å². The maximum Gasteiger partial charge on any atom is 0.488 e. The Morgan fingerprint density at radius 2 is 1.14 bits per heavy atom. The zero-order valence-electron chi connectivity index (χ0n) is 20.3. The minimum atomic E-state index is -1.49. The largest absolute Gasteiger partial charge is 0.488 e. The van der Waals surface area contributed by atoms with E-state index < -0.39 is 7.12 Å². The van der Waals surface area contributed by atoms with E-state index in [4.69, 9.17) is 4.98 Å². The van der Waals surface area contributed by atoms with Crippen LogP contribution in [0.2, 0.25) is 0 Å². The standard InChI is InChI=1S/C32H26BNO2/c1-32(2)28-11-7-6-10-26(28)27-17-14-23(18-29(27)32)24-19-30(21-8-4-3-5-9-21)34-31(20-24)22-12-15-25(16-13-22)33(35)36/h3-20,35-36H,1-2H3. The van der Waals surface area contributed by atoms with E-state index in [9.17, 15) is 10.0 Å². The van der Waals surface area contributed by atoms with Crippen LogP contribution in [0, 0.1) is 0 Å². The minimum Gasteiger partial charge on any atom is -0.423 e. The number of fused-ring (bicyclic) bond motifs is 3. The smallest absolute Gasteiger partial charge is 0.423 e. The van der Waals surface area contributed by atoms with Crippen molar-refractivity contribution < 1.29 is 10.0 Å². The van der Waals surface area contributed by atoms with Gasteiger partial charge >= 0.3 is 7.12 Å². The molecule has 0 saturated heterocycles. The third kappa shape index (κ3) is 3.76. The highest BCUT2D eigenvalue weighted by Crippen LogP contribution is 2.49. The topological polar surface area (TPSA) is 53.4 Å². The first-order valence-corrected chi connectivity index (χ1v) is 12.2. The number of aromatic nitrogens is 1. The number of hydrogen-bond acceptors (Lipinski definition) is 3. The van der Waals surface area contributed by atoms with E-state index in [1.165, 1.54) is 22.3 Å². The lowest BCUT2D eigenvalue weighted by molar-refractivity contribution is 0.426. The molecule has 6 rings (SSSR count). The van der Waals surface area contributed by atoms with Crippen LogP contribution < -0.4 is 5.46 Å². The molecule has 36 heavy (non-hydrogen) atoms. The molecule has 0 spiro atoms. The summed E-state index contributed by atoms with van der Waals surface area (Å²) in [5.74, 6) is 0. The predicted molar refractivity (Wildman–Crippen MR) is 148 cm³/mol. The highest BCUT2D eigenvalue weighted by Gasteiger charge is 2.35. The van der Waals surface area contributed by atoms with Crippen molar-refractivity contribution in [1.29, 1.82) is 0 Å². The van der Waals surface area contributed by atoms with Crippen molar-refractivity contribution >= 4 is 12.6 Å². The summed E-state index contributed by atoms with van der Waals surface area (Å²) < 4.78 is 0. The van der Waals surface area contributed by atoms with Gasteiger partial charge in [0.2, 0.25) is 0 Å². The van der Waals surface area contributed by atoms with Gasteiger partial charge < -0.3 is 10.0 Å². The van der Waals surface area contributed by atoms with Crippen LogP contribution in [-0.2, 0) is 5.41 Å². The zero-order chi connectivity index (χ0) is 24.9.